The summed E-state index contributed by atoms with van der Waals surface area (Å²) in [5, 5.41) is 1.32. The zero-order chi connectivity index (χ0) is 21.8. The molecule has 0 bridgehead atoms. The van der Waals surface area contributed by atoms with E-state index in [9.17, 15) is 13.2 Å². The smallest absolute Gasteiger partial charge is 0.260 e. The maximum absolute atomic E-state index is 12.7. The van der Waals surface area contributed by atoms with Crippen LogP contribution in [0.25, 0.3) is 10.9 Å². The molecule has 1 saturated heterocycles. The maximum Gasteiger partial charge on any atom is 0.260 e. The Bertz CT molecular complexity index is 1180. The van der Waals surface area contributed by atoms with Gasteiger partial charge in [0.15, 0.2) is 6.61 Å². The van der Waals surface area contributed by atoms with E-state index < -0.39 is 10.0 Å². The summed E-state index contributed by atoms with van der Waals surface area (Å²) in [6, 6.07) is 16.1. The third-order valence-corrected chi connectivity index (χ3v) is 7.39. The van der Waals surface area contributed by atoms with E-state index in [1.54, 1.807) is 41.4 Å². The predicted molar refractivity (Wildman–Crippen MR) is 119 cm³/mol. The Morgan fingerprint density at radius 1 is 1.00 bits per heavy atom. The third-order valence-electron chi connectivity index (χ3n) is 5.21. The van der Waals surface area contributed by atoms with Gasteiger partial charge in [0.05, 0.1) is 10.8 Å². The number of hydrogen-bond donors (Lipinski definition) is 0. The fourth-order valence-corrected chi connectivity index (χ4v) is 5.28. The molecule has 7 nitrogen and oxygen atoms in total. The molecule has 3 aromatic rings. The summed E-state index contributed by atoms with van der Waals surface area (Å²) in [6.07, 6.45) is 1.64. The molecular weight excluding hydrogens is 438 g/mol. The zero-order valence-electron chi connectivity index (χ0n) is 16.8. The number of nitrogens with zero attached hydrogens (tertiary/aromatic N) is 3. The van der Waals surface area contributed by atoms with Crippen LogP contribution in [-0.2, 0) is 20.6 Å². The molecule has 1 aromatic heterocycles. The molecule has 1 aliphatic heterocycles. The number of amides is 1. The topological polar surface area (TPSA) is 79.8 Å². The van der Waals surface area contributed by atoms with E-state index in [0.29, 0.717) is 29.4 Å². The summed E-state index contributed by atoms with van der Waals surface area (Å²) < 4.78 is 32.5. The van der Waals surface area contributed by atoms with Crippen LogP contribution >= 0.6 is 11.6 Å². The van der Waals surface area contributed by atoms with Crippen LogP contribution in [0.15, 0.2) is 60.8 Å². The maximum atomic E-state index is 12.7. The van der Waals surface area contributed by atoms with Gasteiger partial charge in [0.1, 0.15) is 11.3 Å². The molecule has 162 valence electrons. The minimum absolute atomic E-state index is 0.0401. The van der Waals surface area contributed by atoms with E-state index in [2.05, 4.69) is 4.98 Å². The second-order valence-electron chi connectivity index (χ2n) is 7.26. The summed E-state index contributed by atoms with van der Waals surface area (Å²) >= 11 is 6.19. The minimum atomic E-state index is -3.43. The number of hydrogen-bond acceptors (Lipinski definition) is 5. The summed E-state index contributed by atoms with van der Waals surface area (Å²) in [6.45, 7) is 1.05. The van der Waals surface area contributed by atoms with Crippen LogP contribution in [0.1, 0.15) is 5.56 Å². The van der Waals surface area contributed by atoms with Crippen LogP contribution in [0.5, 0.6) is 5.75 Å². The van der Waals surface area contributed by atoms with E-state index in [-0.39, 0.29) is 31.4 Å². The Balaban J connectivity index is 1.33. The van der Waals surface area contributed by atoms with Gasteiger partial charge < -0.3 is 9.64 Å². The number of rotatable bonds is 6. The fraction of sp³-hybridized carbons (Fsp3) is 0.273. The van der Waals surface area contributed by atoms with Gasteiger partial charge in [-0.25, -0.2) is 8.42 Å². The van der Waals surface area contributed by atoms with E-state index in [0.717, 1.165) is 10.9 Å². The Morgan fingerprint density at radius 2 is 1.74 bits per heavy atom. The molecule has 0 radical (unpaired) electrons. The Hall–Kier alpha value is -2.68. The van der Waals surface area contributed by atoms with Crippen LogP contribution in [0.3, 0.4) is 0 Å². The molecule has 1 amide bonds. The Morgan fingerprint density at radius 3 is 2.48 bits per heavy atom. The van der Waals surface area contributed by atoms with E-state index in [1.165, 1.54) is 4.31 Å². The molecule has 0 unspecified atom stereocenters. The molecule has 2 heterocycles. The van der Waals surface area contributed by atoms with Gasteiger partial charge in [0, 0.05) is 37.8 Å². The molecule has 0 saturated carbocycles. The first-order chi connectivity index (χ1) is 14.9. The van der Waals surface area contributed by atoms with Crippen molar-refractivity contribution in [3.63, 3.8) is 0 Å². The predicted octanol–water partition coefficient (Wildman–Crippen LogP) is 2.94. The van der Waals surface area contributed by atoms with Crippen LogP contribution in [0, 0.1) is 0 Å². The second-order valence-corrected chi connectivity index (χ2v) is 9.63. The zero-order valence-corrected chi connectivity index (χ0v) is 18.3. The van der Waals surface area contributed by atoms with Gasteiger partial charge in [-0.3, -0.25) is 9.78 Å². The van der Waals surface area contributed by atoms with Crippen molar-refractivity contribution in [2.24, 2.45) is 0 Å². The summed E-state index contributed by atoms with van der Waals surface area (Å²) in [5.74, 6) is 0.248. The monoisotopic (exact) mass is 459 g/mol. The van der Waals surface area contributed by atoms with Crippen molar-refractivity contribution >= 4 is 38.4 Å². The largest absolute Gasteiger partial charge is 0.481 e. The molecule has 0 atom stereocenters. The van der Waals surface area contributed by atoms with Crippen molar-refractivity contribution in [2.45, 2.75) is 5.75 Å². The average Bonchev–Trinajstić information content (AvgIpc) is 2.79. The minimum Gasteiger partial charge on any atom is -0.481 e. The lowest BCUT2D eigenvalue weighted by molar-refractivity contribution is -0.134. The third kappa shape index (κ3) is 4.98. The SMILES string of the molecule is O=C(COc1ccc(Cl)c2cccnc12)N1CCN(S(=O)(=O)Cc2ccccc2)CC1. The van der Waals surface area contributed by atoms with Crippen LogP contribution in [0.2, 0.25) is 5.02 Å². The highest BCUT2D eigenvalue weighted by Gasteiger charge is 2.29. The van der Waals surface area contributed by atoms with Gasteiger partial charge in [-0.1, -0.05) is 41.9 Å². The van der Waals surface area contributed by atoms with Gasteiger partial charge in [-0.2, -0.15) is 4.31 Å². The first kappa shape index (κ1) is 21.5. The first-order valence-electron chi connectivity index (χ1n) is 9.89. The number of halogens is 1. The number of piperazine rings is 1. The lowest BCUT2D eigenvalue weighted by atomic mass is 10.2. The summed E-state index contributed by atoms with van der Waals surface area (Å²) in [7, 11) is -3.43. The lowest BCUT2D eigenvalue weighted by Gasteiger charge is -2.34. The number of carbonyl (C=O) groups is 1. The Kier molecular flexibility index (Phi) is 6.41. The van der Waals surface area contributed by atoms with Gasteiger partial charge in [-0.05, 0) is 29.8 Å². The van der Waals surface area contributed by atoms with Gasteiger partial charge in [-0.15, -0.1) is 0 Å². The molecule has 31 heavy (non-hydrogen) atoms. The van der Waals surface area contributed by atoms with Gasteiger partial charge >= 0.3 is 0 Å². The molecule has 0 N–H and O–H groups in total. The highest BCUT2D eigenvalue weighted by molar-refractivity contribution is 7.88. The standard InChI is InChI=1S/C22H22ClN3O4S/c23-19-8-9-20(22-18(19)7-4-10-24-22)30-15-21(27)25-11-13-26(14-12-25)31(28,29)16-17-5-2-1-3-6-17/h1-10H,11-16H2. The molecule has 2 aromatic carbocycles. The van der Waals surface area contributed by atoms with Crippen molar-refractivity contribution in [3.8, 4) is 5.75 Å². The van der Waals surface area contributed by atoms with Gasteiger partial charge in [0.2, 0.25) is 10.0 Å². The number of aromatic nitrogens is 1. The number of fused-ring (bicyclic) bond motifs is 1. The van der Waals surface area contributed by atoms with Crippen LogP contribution in [-0.4, -0.2) is 61.3 Å². The number of ether oxygens (including phenoxy) is 1. The highest BCUT2D eigenvalue weighted by Crippen LogP contribution is 2.29. The Labute approximate surface area is 186 Å². The molecule has 0 spiro atoms. The average molecular weight is 460 g/mol. The number of sulfonamides is 1. The molecule has 4 rings (SSSR count). The summed E-state index contributed by atoms with van der Waals surface area (Å²) in [5.41, 5.74) is 1.35. The first-order valence-corrected chi connectivity index (χ1v) is 11.9. The second kappa shape index (κ2) is 9.21. The fourth-order valence-electron chi connectivity index (χ4n) is 3.55. The number of carbonyl (C=O) groups excluding carboxylic acids is 1. The van der Waals surface area contributed by atoms with Crippen LogP contribution < -0.4 is 4.74 Å². The summed E-state index contributed by atoms with van der Waals surface area (Å²) in [4.78, 5) is 18.5. The lowest BCUT2D eigenvalue weighted by Crippen LogP contribution is -2.51. The van der Waals surface area contributed by atoms with E-state index in [1.807, 2.05) is 24.3 Å². The highest BCUT2D eigenvalue weighted by atomic mass is 35.5. The van der Waals surface area contributed by atoms with Crippen molar-refractivity contribution in [1.29, 1.82) is 0 Å². The normalized spacial score (nSPS) is 15.2. The van der Waals surface area contributed by atoms with Crippen molar-refractivity contribution < 1.29 is 17.9 Å². The van der Waals surface area contributed by atoms with Crippen molar-refractivity contribution in [2.75, 3.05) is 32.8 Å². The molecular formula is C22H22ClN3O4S. The quantitative estimate of drug-likeness (QED) is 0.566. The number of benzene rings is 2. The van der Waals surface area contributed by atoms with Gasteiger partial charge in [0.25, 0.3) is 5.91 Å². The number of pyridine rings is 1. The van der Waals surface area contributed by atoms with E-state index in [4.69, 9.17) is 16.3 Å². The molecule has 9 heteroatoms. The van der Waals surface area contributed by atoms with E-state index >= 15 is 0 Å². The molecule has 1 aliphatic rings. The van der Waals surface area contributed by atoms with Crippen LogP contribution in [0.4, 0.5) is 0 Å². The molecule has 1 fully saturated rings. The van der Waals surface area contributed by atoms with Crippen molar-refractivity contribution in [3.05, 3.63) is 71.4 Å². The molecule has 0 aliphatic carbocycles. The van der Waals surface area contributed by atoms with Crippen molar-refractivity contribution in [1.82, 2.24) is 14.2 Å².